The Labute approximate surface area is 83.5 Å². The molecule has 14 heavy (non-hydrogen) atoms. The monoisotopic (exact) mass is 193 g/mol. The summed E-state index contributed by atoms with van der Waals surface area (Å²) in [6.45, 7) is 1.96. The van der Waals surface area contributed by atoms with E-state index in [9.17, 15) is 5.11 Å². The van der Waals surface area contributed by atoms with E-state index in [-0.39, 0.29) is 0 Å². The van der Waals surface area contributed by atoms with Crippen LogP contribution in [0.1, 0.15) is 23.1 Å². The molecular weight excluding hydrogens is 178 g/mol. The Morgan fingerprint density at radius 1 is 1.36 bits per heavy atom. The lowest BCUT2D eigenvalue weighted by Gasteiger charge is -2.08. The minimum Gasteiger partial charge on any atom is -0.508 e. The molecule has 0 amide bonds. The highest BCUT2D eigenvalue weighted by Crippen LogP contribution is 2.30. The molecule has 3 nitrogen and oxygen atoms in total. The summed E-state index contributed by atoms with van der Waals surface area (Å²) in [6.07, 6.45) is 1.75. The van der Waals surface area contributed by atoms with E-state index in [0.29, 0.717) is 25.5 Å². The number of hydrogen-bond acceptors (Lipinski definition) is 3. The molecule has 3 heteroatoms. The van der Waals surface area contributed by atoms with Gasteiger partial charge in [0.1, 0.15) is 5.75 Å². The van der Waals surface area contributed by atoms with Crippen molar-refractivity contribution in [3.63, 3.8) is 0 Å². The molecule has 76 valence electrons. The van der Waals surface area contributed by atoms with E-state index < -0.39 is 0 Å². The largest absolute Gasteiger partial charge is 0.508 e. The van der Waals surface area contributed by atoms with Gasteiger partial charge >= 0.3 is 0 Å². The van der Waals surface area contributed by atoms with Crippen LogP contribution >= 0.6 is 0 Å². The van der Waals surface area contributed by atoms with Crippen molar-refractivity contribution >= 4 is 0 Å². The molecule has 3 N–H and O–H groups in total. The van der Waals surface area contributed by atoms with Crippen LogP contribution in [0.2, 0.25) is 0 Å². The molecule has 0 saturated carbocycles. The summed E-state index contributed by atoms with van der Waals surface area (Å²) in [5.41, 5.74) is 8.85. The number of benzene rings is 1. The first-order chi connectivity index (χ1) is 6.83. The van der Waals surface area contributed by atoms with Crippen molar-refractivity contribution in [2.75, 3.05) is 6.54 Å². The molecule has 1 aromatic rings. The number of ether oxygens (including phenoxy) is 1. The second-order valence-electron chi connectivity index (χ2n) is 3.59. The Kier molecular flexibility index (Phi) is 2.70. The molecule has 0 aromatic heterocycles. The first-order valence-electron chi connectivity index (χ1n) is 4.93. The van der Waals surface area contributed by atoms with Crippen LogP contribution < -0.4 is 5.73 Å². The summed E-state index contributed by atoms with van der Waals surface area (Å²) in [5, 5.41) is 9.70. The zero-order valence-corrected chi connectivity index (χ0v) is 8.12. The number of phenolic OH excluding ortho intramolecular Hbond substituents is 1. The van der Waals surface area contributed by atoms with Gasteiger partial charge in [-0.2, -0.15) is 0 Å². The lowest BCUT2D eigenvalue weighted by atomic mass is 9.98. The van der Waals surface area contributed by atoms with Gasteiger partial charge in [-0.15, -0.1) is 0 Å². The van der Waals surface area contributed by atoms with Gasteiger partial charge in [0, 0.05) is 0 Å². The molecule has 0 unspecified atom stereocenters. The van der Waals surface area contributed by atoms with E-state index in [1.54, 1.807) is 6.07 Å². The normalized spacial score (nSPS) is 14.4. The van der Waals surface area contributed by atoms with Crippen LogP contribution in [0.3, 0.4) is 0 Å². The van der Waals surface area contributed by atoms with Gasteiger partial charge in [0.15, 0.2) is 0 Å². The van der Waals surface area contributed by atoms with Crippen molar-refractivity contribution in [1.29, 1.82) is 0 Å². The lowest BCUT2D eigenvalue weighted by Crippen LogP contribution is -2.02. The van der Waals surface area contributed by atoms with Gasteiger partial charge in [-0.25, -0.2) is 0 Å². The van der Waals surface area contributed by atoms with Crippen molar-refractivity contribution in [3.05, 3.63) is 28.8 Å². The summed E-state index contributed by atoms with van der Waals surface area (Å²) < 4.78 is 5.35. The quantitative estimate of drug-likeness (QED) is 0.761. The van der Waals surface area contributed by atoms with E-state index in [0.717, 1.165) is 18.4 Å². The molecule has 1 aliphatic heterocycles. The van der Waals surface area contributed by atoms with Crippen molar-refractivity contribution in [3.8, 4) is 5.75 Å². The first-order valence-corrected chi connectivity index (χ1v) is 4.93. The fourth-order valence-corrected chi connectivity index (χ4v) is 1.87. The molecule has 0 fully saturated rings. The smallest absolute Gasteiger partial charge is 0.119 e. The molecule has 0 radical (unpaired) electrons. The SMILES string of the molecule is NCCCc1c(O)ccc2c1COC2. The molecule has 0 bridgehead atoms. The maximum absolute atomic E-state index is 9.70. The minimum absolute atomic E-state index is 0.378. The molecule has 0 aliphatic carbocycles. The van der Waals surface area contributed by atoms with Crippen LogP contribution in [0.4, 0.5) is 0 Å². The van der Waals surface area contributed by atoms with Gasteiger partial charge in [-0.1, -0.05) is 6.07 Å². The van der Waals surface area contributed by atoms with Gasteiger partial charge in [-0.3, -0.25) is 0 Å². The third kappa shape index (κ3) is 1.61. The topological polar surface area (TPSA) is 55.5 Å². The minimum atomic E-state index is 0.378. The van der Waals surface area contributed by atoms with E-state index >= 15 is 0 Å². The van der Waals surface area contributed by atoms with Crippen LogP contribution in [0, 0.1) is 0 Å². The van der Waals surface area contributed by atoms with Gasteiger partial charge < -0.3 is 15.6 Å². The number of fused-ring (bicyclic) bond motifs is 1. The van der Waals surface area contributed by atoms with Crippen LogP contribution in [0.25, 0.3) is 0 Å². The van der Waals surface area contributed by atoms with E-state index in [2.05, 4.69) is 0 Å². The van der Waals surface area contributed by atoms with Crippen LogP contribution in [0.15, 0.2) is 12.1 Å². The maximum atomic E-state index is 9.70. The Balaban J connectivity index is 2.31. The number of phenols is 1. The standard InChI is InChI=1S/C11H15NO2/c12-5-1-2-9-10-7-14-6-8(10)3-4-11(9)13/h3-4,13H,1-2,5-7,12H2. The van der Waals surface area contributed by atoms with Gasteiger partial charge in [0.2, 0.25) is 0 Å². The molecule has 1 aromatic carbocycles. The Bertz CT molecular complexity index is 336. The second kappa shape index (κ2) is 3.98. The Hall–Kier alpha value is -1.06. The number of hydrogen-bond donors (Lipinski definition) is 2. The Morgan fingerprint density at radius 2 is 2.21 bits per heavy atom. The first kappa shape index (κ1) is 9.49. The molecule has 1 heterocycles. The van der Waals surface area contributed by atoms with Gasteiger partial charge in [0.05, 0.1) is 13.2 Å². The molecule has 0 atom stereocenters. The predicted molar refractivity (Wildman–Crippen MR) is 54.0 cm³/mol. The maximum Gasteiger partial charge on any atom is 0.119 e. The average Bonchev–Trinajstić information content (AvgIpc) is 2.64. The second-order valence-corrected chi connectivity index (χ2v) is 3.59. The molecule has 0 saturated heterocycles. The fraction of sp³-hybridized carbons (Fsp3) is 0.455. The molecule has 2 rings (SSSR count). The summed E-state index contributed by atoms with van der Waals surface area (Å²) in [7, 11) is 0. The van der Waals surface area contributed by atoms with E-state index in [4.69, 9.17) is 10.5 Å². The third-order valence-corrected chi connectivity index (χ3v) is 2.64. The lowest BCUT2D eigenvalue weighted by molar-refractivity contribution is 0.134. The molecule has 1 aliphatic rings. The molecule has 0 spiro atoms. The highest BCUT2D eigenvalue weighted by atomic mass is 16.5. The van der Waals surface area contributed by atoms with Crippen LogP contribution in [-0.2, 0) is 24.4 Å². The third-order valence-electron chi connectivity index (χ3n) is 2.64. The summed E-state index contributed by atoms with van der Waals surface area (Å²) in [4.78, 5) is 0. The van der Waals surface area contributed by atoms with Gasteiger partial charge in [0.25, 0.3) is 0 Å². The summed E-state index contributed by atoms with van der Waals surface area (Å²) >= 11 is 0. The van der Waals surface area contributed by atoms with Crippen molar-refractivity contribution in [2.45, 2.75) is 26.1 Å². The number of aromatic hydroxyl groups is 1. The fourth-order valence-electron chi connectivity index (χ4n) is 1.87. The number of rotatable bonds is 3. The number of nitrogens with two attached hydrogens (primary N) is 1. The van der Waals surface area contributed by atoms with Gasteiger partial charge in [-0.05, 0) is 42.1 Å². The zero-order valence-electron chi connectivity index (χ0n) is 8.12. The van der Waals surface area contributed by atoms with Crippen molar-refractivity contribution in [2.24, 2.45) is 5.73 Å². The van der Waals surface area contributed by atoms with Crippen LogP contribution in [-0.4, -0.2) is 11.7 Å². The van der Waals surface area contributed by atoms with Crippen molar-refractivity contribution < 1.29 is 9.84 Å². The zero-order chi connectivity index (χ0) is 9.97. The summed E-state index contributed by atoms with van der Waals surface area (Å²) in [6, 6.07) is 3.68. The van der Waals surface area contributed by atoms with Crippen LogP contribution in [0.5, 0.6) is 5.75 Å². The average molecular weight is 193 g/mol. The Morgan fingerprint density at radius 3 is 3.00 bits per heavy atom. The van der Waals surface area contributed by atoms with E-state index in [1.165, 1.54) is 11.1 Å². The predicted octanol–water partition coefficient (Wildman–Crippen LogP) is 1.31. The highest BCUT2D eigenvalue weighted by Gasteiger charge is 2.17. The molecular formula is C11H15NO2. The summed E-state index contributed by atoms with van der Waals surface area (Å²) in [5.74, 6) is 0.378. The highest BCUT2D eigenvalue weighted by molar-refractivity contribution is 5.45. The van der Waals surface area contributed by atoms with E-state index in [1.807, 2.05) is 6.07 Å². The van der Waals surface area contributed by atoms with Crippen molar-refractivity contribution in [1.82, 2.24) is 0 Å².